The standard InChI is InChI=1S/C18H25N3O3S2/c1-2-3-5-8-17(22)20-18-19-15-10-9-14(13-16(15)25-18)26(23,24)21-11-6-4-7-12-21/h9-10,13H,2-8,11-12H2,1H3,(H,19,20,22). The first-order valence-corrected chi connectivity index (χ1v) is 11.5. The molecule has 1 amide bonds. The van der Waals surface area contributed by atoms with E-state index in [1.165, 1.54) is 11.3 Å². The van der Waals surface area contributed by atoms with Crippen LogP contribution in [-0.2, 0) is 14.8 Å². The maximum absolute atomic E-state index is 12.8. The molecule has 1 aromatic carbocycles. The maximum Gasteiger partial charge on any atom is 0.243 e. The van der Waals surface area contributed by atoms with Gasteiger partial charge in [-0.15, -0.1) is 0 Å². The van der Waals surface area contributed by atoms with Crippen molar-refractivity contribution in [3.63, 3.8) is 0 Å². The van der Waals surface area contributed by atoms with Gasteiger partial charge in [-0.25, -0.2) is 13.4 Å². The minimum absolute atomic E-state index is 0.0429. The van der Waals surface area contributed by atoms with Gasteiger partial charge in [0.05, 0.1) is 15.1 Å². The smallest absolute Gasteiger partial charge is 0.243 e. The van der Waals surface area contributed by atoms with E-state index in [0.29, 0.717) is 35.1 Å². The van der Waals surface area contributed by atoms with Gasteiger partial charge >= 0.3 is 0 Å². The van der Waals surface area contributed by atoms with Crippen molar-refractivity contribution in [1.29, 1.82) is 0 Å². The summed E-state index contributed by atoms with van der Waals surface area (Å²) in [5.74, 6) is -0.0429. The Kier molecular flexibility index (Phi) is 6.26. The summed E-state index contributed by atoms with van der Waals surface area (Å²) in [5.41, 5.74) is 0.705. The average Bonchev–Trinajstić information content (AvgIpc) is 3.04. The number of piperidine rings is 1. The van der Waals surface area contributed by atoms with Crippen LogP contribution in [0.3, 0.4) is 0 Å². The number of anilines is 1. The van der Waals surface area contributed by atoms with E-state index >= 15 is 0 Å². The fraction of sp³-hybridized carbons (Fsp3) is 0.556. The number of hydrogen-bond acceptors (Lipinski definition) is 5. The second-order valence-corrected chi connectivity index (χ2v) is 9.59. The molecule has 1 N–H and O–H groups in total. The van der Waals surface area contributed by atoms with Crippen LogP contribution in [0.25, 0.3) is 10.2 Å². The zero-order chi connectivity index (χ0) is 18.6. The van der Waals surface area contributed by atoms with Crippen molar-refractivity contribution in [3.05, 3.63) is 18.2 Å². The number of carbonyl (C=O) groups is 1. The van der Waals surface area contributed by atoms with Crippen molar-refractivity contribution in [2.75, 3.05) is 18.4 Å². The predicted octanol–water partition coefficient (Wildman–Crippen LogP) is 3.99. The summed E-state index contributed by atoms with van der Waals surface area (Å²) in [5, 5.41) is 3.34. The number of amides is 1. The lowest BCUT2D eigenvalue weighted by molar-refractivity contribution is -0.116. The highest BCUT2D eigenvalue weighted by Gasteiger charge is 2.26. The molecule has 8 heteroatoms. The van der Waals surface area contributed by atoms with Crippen molar-refractivity contribution in [1.82, 2.24) is 9.29 Å². The molecule has 142 valence electrons. The number of aromatic nitrogens is 1. The van der Waals surface area contributed by atoms with E-state index in [0.717, 1.165) is 43.2 Å². The number of carbonyl (C=O) groups excluding carboxylic acids is 1. The van der Waals surface area contributed by atoms with Gasteiger partial charge in [0, 0.05) is 19.5 Å². The fourth-order valence-corrected chi connectivity index (χ4v) is 5.63. The summed E-state index contributed by atoms with van der Waals surface area (Å²) in [4.78, 5) is 16.6. The van der Waals surface area contributed by atoms with Crippen molar-refractivity contribution in [3.8, 4) is 0 Å². The predicted molar refractivity (Wildman–Crippen MR) is 105 cm³/mol. The van der Waals surface area contributed by atoms with Gasteiger partial charge in [-0.2, -0.15) is 4.31 Å². The minimum Gasteiger partial charge on any atom is -0.302 e. The van der Waals surface area contributed by atoms with Crippen molar-refractivity contribution in [2.24, 2.45) is 0 Å². The average molecular weight is 396 g/mol. The maximum atomic E-state index is 12.8. The fourth-order valence-electron chi connectivity index (χ4n) is 3.09. The molecule has 0 radical (unpaired) electrons. The zero-order valence-corrected chi connectivity index (χ0v) is 16.7. The molecular formula is C18H25N3O3S2. The lowest BCUT2D eigenvalue weighted by Gasteiger charge is -2.25. The quantitative estimate of drug-likeness (QED) is 0.719. The van der Waals surface area contributed by atoms with Crippen LogP contribution in [0.15, 0.2) is 23.1 Å². The Morgan fingerprint density at radius 3 is 2.73 bits per heavy atom. The highest BCUT2D eigenvalue weighted by atomic mass is 32.2. The Hall–Kier alpha value is -1.51. The molecule has 2 heterocycles. The normalized spacial score (nSPS) is 16.0. The largest absolute Gasteiger partial charge is 0.302 e. The van der Waals surface area contributed by atoms with Gasteiger partial charge in [-0.05, 0) is 37.5 Å². The molecule has 0 spiro atoms. The number of thiazole rings is 1. The molecule has 1 fully saturated rings. The van der Waals surface area contributed by atoms with E-state index < -0.39 is 10.0 Å². The lowest BCUT2D eigenvalue weighted by atomic mass is 10.2. The summed E-state index contributed by atoms with van der Waals surface area (Å²) in [7, 11) is -3.46. The molecule has 2 aromatic rings. The monoisotopic (exact) mass is 395 g/mol. The van der Waals surface area contributed by atoms with Crippen LogP contribution in [0, 0.1) is 0 Å². The van der Waals surface area contributed by atoms with Crippen molar-refractivity contribution >= 4 is 42.6 Å². The Morgan fingerprint density at radius 2 is 2.00 bits per heavy atom. The first-order chi connectivity index (χ1) is 12.5. The topological polar surface area (TPSA) is 79.4 Å². The molecule has 26 heavy (non-hydrogen) atoms. The van der Waals surface area contributed by atoms with E-state index in [4.69, 9.17) is 0 Å². The van der Waals surface area contributed by atoms with E-state index in [9.17, 15) is 13.2 Å². The molecule has 0 unspecified atom stereocenters. The van der Waals surface area contributed by atoms with Gasteiger partial charge in [0.2, 0.25) is 15.9 Å². The highest BCUT2D eigenvalue weighted by molar-refractivity contribution is 7.89. The van der Waals surface area contributed by atoms with Gasteiger partial charge < -0.3 is 5.32 Å². The zero-order valence-electron chi connectivity index (χ0n) is 15.0. The molecule has 6 nitrogen and oxygen atoms in total. The Bertz CT molecular complexity index is 871. The molecule has 1 aromatic heterocycles. The molecule has 0 bridgehead atoms. The number of rotatable bonds is 7. The van der Waals surface area contributed by atoms with Crippen LogP contribution < -0.4 is 5.32 Å². The van der Waals surface area contributed by atoms with Gasteiger partial charge in [-0.3, -0.25) is 4.79 Å². The number of sulfonamides is 1. The number of hydrogen-bond donors (Lipinski definition) is 1. The Balaban J connectivity index is 1.75. The van der Waals surface area contributed by atoms with Crippen LogP contribution in [0.1, 0.15) is 51.9 Å². The molecule has 0 aliphatic carbocycles. The van der Waals surface area contributed by atoms with Gasteiger partial charge in [-0.1, -0.05) is 37.5 Å². The molecular weight excluding hydrogens is 370 g/mol. The van der Waals surface area contributed by atoms with Gasteiger partial charge in [0.25, 0.3) is 0 Å². The van der Waals surface area contributed by atoms with Gasteiger partial charge in [0.1, 0.15) is 0 Å². The van der Waals surface area contributed by atoms with Crippen LogP contribution in [0.2, 0.25) is 0 Å². The highest BCUT2D eigenvalue weighted by Crippen LogP contribution is 2.30. The molecule has 3 rings (SSSR count). The Labute approximate surface area is 158 Å². The Morgan fingerprint density at radius 1 is 1.23 bits per heavy atom. The first kappa shape index (κ1) is 19.3. The number of nitrogens with zero attached hydrogens (tertiary/aromatic N) is 2. The number of unbranched alkanes of at least 4 members (excludes halogenated alkanes) is 2. The summed E-state index contributed by atoms with van der Waals surface area (Å²) in [6, 6.07) is 5.00. The van der Waals surface area contributed by atoms with E-state index in [1.807, 2.05) is 0 Å². The third-order valence-electron chi connectivity index (χ3n) is 4.57. The van der Waals surface area contributed by atoms with E-state index in [-0.39, 0.29) is 5.91 Å². The number of nitrogens with one attached hydrogen (secondary N) is 1. The number of benzene rings is 1. The first-order valence-electron chi connectivity index (χ1n) is 9.21. The molecule has 0 atom stereocenters. The van der Waals surface area contributed by atoms with Crippen molar-refractivity contribution in [2.45, 2.75) is 56.8 Å². The minimum atomic E-state index is -3.46. The summed E-state index contributed by atoms with van der Waals surface area (Å²) in [6.07, 6.45) is 6.37. The van der Waals surface area contributed by atoms with E-state index in [2.05, 4.69) is 17.2 Å². The van der Waals surface area contributed by atoms with Crippen LogP contribution in [0.4, 0.5) is 5.13 Å². The number of fused-ring (bicyclic) bond motifs is 1. The van der Waals surface area contributed by atoms with Crippen LogP contribution in [-0.4, -0.2) is 36.7 Å². The van der Waals surface area contributed by atoms with Crippen LogP contribution in [0.5, 0.6) is 0 Å². The van der Waals surface area contributed by atoms with E-state index in [1.54, 1.807) is 22.5 Å². The third kappa shape index (κ3) is 4.42. The second-order valence-electron chi connectivity index (χ2n) is 6.62. The summed E-state index contributed by atoms with van der Waals surface area (Å²) < 4.78 is 27.9. The molecule has 1 aliphatic rings. The summed E-state index contributed by atoms with van der Waals surface area (Å²) >= 11 is 1.32. The van der Waals surface area contributed by atoms with Crippen molar-refractivity contribution < 1.29 is 13.2 Å². The third-order valence-corrected chi connectivity index (χ3v) is 7.39. The summed E-state index contributed by atoms with van der Waals surface area (Å²) in [6.45, 7) is 3.27. The molecule has 1 saturated heterocycles. The molecule has 1 aliphatic heterocycles. The van der Waals surface area contributed by atoms with Gasteiger partial charge in [0.15, 0.2) is 5.13 Å². The SMILES string of the molecule is CCCCCC(=O)Nc1nc2ccc(S(=O)(=O)N3CCCCC3)cc2s1. The lowest BCUT2D eigenvalue weighted by Crippen LogP contribution is -2.35. The second kappa shape index (κ2) is 8.45. The van der Waals surface area contributed by atoms with Crippen LogP contribution >= 0.6 is 11.3 Å². The molecule has 0 saturated carbocycles.